The molecule has 2 fully saturated rings. The predicted octanol–water partition coefficient (Wildman–Crippen LogP) is 5.86. The normalized spacial score (nSPS) is 17.0. The summed E-state index contributed by atoms with van der Waals surface area (Å²) >= 11 is 0. The van der Waals surface area contributed by atoms with Gasteiger partial charge >= 0.3 is 12.2 Å². The molecule has 4 unspecified atom stereocenters. The van der Waals surface area contributed by atoms with Gasteiger partial charge in [0.15, 0.2) is 0 Å². The SMILES string of the molecule is COC(=O)NC(C(=O)NC(C)c1ncc(-c2ccc3cc(-c4ccc(-c5cnc(C(C)NC(=O)C(NC(=O)O)C6CCOCC6)[nH]5)cc4)ccc3c2)[nH]1)C1CCOCC1. The third kappa shape index (κ3) is 9.89. The van der Waals surface area contributed by atoms with Crippen molar-refractivity contribution in [1.82, 2.24) is 41.2 Å². The highest BCUT2D eigenvalue weighted by atomic mass is 16.5. The Morgan fingerprint density at radius 3 is 1.59 bits per heavy atom. The van der Waals surface area contributed by atoms with Gasteiger partial charge in [-0.15, -0.1) is 0 Å². The van der Waals surface area contributed by atoms with Crippen LogP contribution < -0.4 is 21.3 Å². The maximum Gasteiger partial charge on any atom is 0.407 e. The zero-order chi connectivity index (χ0) is 41.5. The van der Waals surface area contributed by atoms with Crippen molar-refractivity contribution in [3.8, 4) is 33.6 Å². The number of methoxy groups -OCH3 is 1. The lowest BCUT2D eigenvalue weighted by Crippen LogP contribution is -2.52. The van der Waals surface area contributed by atoms with Gasteiger partial charge in [-0.3, -0.25) is 9.59 Å². The molecule has 3 aromatic carbocycles. The van der Waals surface area contributed by atoms with Crippen LogP contribution >= 0.6 is 0 Å². The number of hydrogen-bond donors (Lipinski definition) is 7. The number of alkyl carbamates (subject to hydrolysis) is 1. The molecule has 0 aliphatic carbocycles. The van der Waals surface area contributed by atoms with Gasteiger partial charge in [0.2, 0.25) is 11.8 Å². The van der Waals surface area contributed by atoms with E-state index in [1.807, 2.05) is 32.0 Å². The summed E-state index contributed by atoms with van der Waals surface area (Å²) in [6.07, 6.45) is 4.10. The van der Waals surface area contributed by atoms with Crippen LogP contribution in [0.15, 0.2) is 73.1 Å². The van der Waals surface area contributed by atoms with Crippen LogP contribution in [0.1, 0.15) is 63.3 Å². The molecule has 59 heavy (non-hydrogen) atoms. The lowest BCUT2D eigenvalue weighted by Gasteiger charge is -2.30. The quantitative estimate of drug-likeness (QED) is 0.0752. The Morgan fingerprint density at radius 2 is 1.08 bits per heavy atom. The number of carboxylic acid groups (broad SMARTS) is 1. The number of hydrogen-bond acceptors (Lipinski definition) is 9. The first kappa shape index (κ1) is 40.9. The first-order valence-corrected chi connectivity index (χ1v) is 19.9. The second-order valence-electron chi connectivity index (χ2n) is 15.1. The van der Waals surface area contributed by atoms with Gasteiger partial charge in [-0.1, -0.05) is 48.5 Å². The van der Waals surface area contributed by atoms with Crippen LogP contribution in [0, 0.1) is 11.8 Å². The number of fused-ring (bicyclic) bond motifs is 1. The number of carbonyl (C=O) groups excluding carboxylic acids is 3. The minimum atomic E-state index is -1.24. The lowest BCUT2D eigenvalue weighted by atomic mass is 9.91. The Hall–Kier alpha value is -6.26. The smallest absolute Gasteiger partial charge is 0.407 e. The van der Waals surface area contributed by atoms with Crippen LogP contribution in [0.5, 0.6) is 0 Å². The molecule has 4 atom stereocenters. The van der Waals surface area contributed by atoms with Gasteiger partial charge < -0.3 is 50.6 Å². The number of nitrogens with one attached hydrogen (secondary N) is 6. The zero-order valence-corrected chi connectivity index (χ0v) is 33.2. The van der Waals surface area contributed by atoms with Gasteiger partial charge in [0.1, 0.15) is 23.7 Å². The number of imidazole rings is 2. The van der Waals surface area contributed by atoms with E-state index in [9.17, 15) is 24.3 Å². The molecule has 4 heterocycles. The van der Waals surface area contributed by atoms with E-state index in [4.69, 9.17) is 14.2 Å². The molecule has 0 saturated carbocycles. The Balaban J connectivity index is 0.976. The molecule has 16 heteroatoms. The van der Waals surface area contributed by atoms with E-state index in [-0.39, 0.29) is 17.7 Å². The number of nitrogens with zero attached hydrogens (tertiary/aromatic N) is 2. The summed E-state index contributed by atoms with van der Waals surface area (Å²) in [6.45, 7) is 5.70. The van der Waals surface area contributed by atoms with Crippen LogP contribution in [-0.2, 0) is 23.8 Å². The van der Waals surface area contributed by atoms with Gasteiger partial charge in [-0.25, -0.2) is 19.6 Å². The van der Waals surface area contributed by atoms with E-state index in [2.05, 4.69) is 83.7 Å². The van der Waals surface area contributed by atoms with Crippen molar-refractivity contribution in [2.24, 2.45) is 11.8 Å². The number of carbonyl (C=O) groups is 4. The van der Waals surface area contributed by atoms with E-state index in [1.165, 1.54) is 7.11 Å². The summed E-state index contributed by atoms with van der Waals surface area (Å²) in [5.74, 6) is 0.242. The minimum absolute atomic E-state index is 0.0667. The Bertz CT molecular complexity index is 2260. The highest BCUT2D eigenvalue weighted by Gasteiger charge is 2.34. The first-order chi connectivity index (χ1) is 28.6. The van der Waals surface area contributed by atoms with Gasteiger partial charge in [-0.05, 0) is 91.0 Å². The van der Waals surface area contributed by atoms with Crippen LogP contribution in [0.2, 0.25) is 0 Å². The van der Waals surface area contributed by atoms with Crippen molar-refractivity contribution in [2.45, 2.75) is 63.7 Å². The summed E-state index contributed by atoms with van der Waals surface area (Å²) in [7, 11) is 1.27. The van der Waals surface area contributed by atoms with E-state index < -0.39 is 42.3 Å². The molecule has 0 radical (unpaired) electrons. The fourth-order valence-corrected chi connectivity index (χ4v) is 7.80. The van der Waals surface area contributed by atoms with Crippen LogP contribution in [0.25, 0.3) is 44.4 Å². The van der Waals surface area contributed by atoms with Crippen molar-refractivity contribution in [3.05, 3.63) is 84.7 Å². The Kier molecular flexibility index (Phi) is 12.9. The summed E-state index contributed by atoms with van der Waals surface area (Å²) in [5, 5.41) is 22.5. The Labute approximate surface area is 341 Å². The fourth-order valence-electron chi connectivity index (χ4n) is 7.80. The minimum Gasteiger partial charge on any atom is -0.465 e. The van der Waals surface area contributed by atoms with Crippen molar-refractivity contribution in [2.75, 3.05) is 33.5 Å². The molecule has 2 aliphatic rings. The molecule has 2 aromatic heterocycles. The standard InChI is InChI=1S/C43H50N8O8/c1-24(46-40(52)36(50-42(54)55)28-12-16-58-17-13-28)38-44-22-34(48-38)27-6-4-26(5-7-27)30-8-9-32-21-33(11-10-31(32)20-30)35-23-45-39(49-35)25(2)47-41(53)37(51-43(56)57-3)29-14-18-59-19-15-29/h4-11,20-25,28-29,36-37,50H,12-19H2,1-3H3,(H,44,48)(H,45,49)(H,46,52)(H,47,53)(H,51,56)(H,54,55). The van der Waals surface area contributed by atoms with Gasteiger partial charge in [0, 0.05) is 32.0 Å². The number of amides is 4. The molecule has 0 spiro atoms. The topological polar surface area (TPSA) is 222 Å². The maximum absolute atomic E-state index is 13.3. The van der Waals surface area contributed by atoms with Crippen molar-refractivity contribution in [3.63, 3.8) is 0 Å². The summed E-state index contributed by atoms with van der Waals surface area (Å²) < 4.78 is 15.6. The number of rotatable bonds is 13. The van der Waals surface area contributed by atoms with E-state index >= 15 is 0 Å². The average molecular weight is 807 g/mol. The maximum atomic E-state index is 13.3. The molecular formula is C43H50N8O8. The van der Waals surface area contributed by atoms with Crippen molar-refractivity contribution < 1.29 is 38.5 Å². The number of aromatic nitrogens is 4. The van der Waals surface area contributed by atoms with Crippen LogP contribution in [-0.4, -0.2) is 94.7 Å². The second kappa shape index (κ2) is 18.6. The van der Waals surface area contributed by atoms with Gasteiger partial charge in [0.05, 0.1) is 43.0 Å². The summed E-state index contributed by atoms with van der Waals surface area (Å²) in [4.78, 5) is 65.7. The Morgan fingerprint density at radius 1 is 0.644 bits per heavy atom. The third-order valence-corrected chi connectivity index (χ3v) is 11.2. The zero-order valence-electron chi connectivity index (χ0n) is 33.2. The molecule has 7 N–H and O–H groups in total. The van der Waals surface area contributed by atoms with Crippen molar-refractivity contribution in [1.29, 1.82) is 0 Å². The molecule has 2 saturated heterocycles. The van der Waals surface area contributed by atoms with Gasteiger partial charge in [0.25, 0.3) is 0 Å². The van der Waals surface area contributed by atoms with Gasteiger partial charge in [-0.2, -0.15) is 0 Å². The molecule has 16 nitrogen and oxygen atoms in total. The predicted molar refractivity (Wildman–Crippen MR) is 219 cm³/mol. The lowest BCUT2D eigenvalue weighted by molar-refractivity contribution is -0.126. The van der Waals surface area contributed by atoms with E-state index in [1.54, 1.807) is 12.4 Å². The fraction of sp³-hybridized carbons (Fsp3) is 0.395. The van der Waals surface area contributed by atoms with Crippen molar-refractivity contribution >= 4 is 34.8 Å². The largest absolute Gasteiger partial charge is 0.465 e. The highest BCUT2D eigenvalue weighted by molar-refractivity contribution is 5.91. The average Bonchev–Trinajstić information content (AvgIpc) is 3.97. The van der Waals surface area contributed by atoms with Crippen LogP contribution in [0.4, 0.5) is 9.59 Å². The number of H-pyrrole nitrogens is 2. The summed E-state index contributed by atoms with van der Waals surface area (Å²) in [5.41, 5.74) is 5.57. The third-order valence-electron chi connectivity index (χ3n) is 11.2. The monoisotopic (exact) mass is 806 g/mol. The highest BCUT2D eigenvalue weighted by Crippen LogP contribution is 2.30. The number of aromatic amines is 2. The summed E-state index contributed by atoms with van der Waals surface area (Å²) in [6, 6.07) is 18.1. The molecule has 310 valence electrons. The molecule has 5 aromatic rings. The first-order valence-electron chi connectivity index (χ1n) is 19.9. The van der Waals surface area contributed by atoms with E-state index in [0.29, 0.717) is 63.8 Å². The molecule has 0 bridgehead atoms. The number of benzene rings is 3. The second-order valence-corrected chi connectivity index (χ2v) is 15.1. The molecular weight excluding hydrogens is 757 g/mol. The number of ether oxygens (including phenoxy) is 3. The van der Waals surface area contributed by atoms with Crippen LogP contribution in [0.3, 0.4) is 0 Å². The molecule has 7 rings (SSSR count). The molecule has 2 aliphatic heterocycles. The van der Waals surface area contributed by atoms with E-state index in [0.717, 1.165) is 44.4 Å². The molecule has 4 amide bonds.